The molecule has 0 saturated carbocycles. The number of fused-ring (bicyclic) bond motifs is 1. The highest BCUT2D eigenvalue weighted by Crippen LogP contribution is 2.34. The van der Waals surface area contributed by atoms with Crippen LogP contribution in [0.1, 0.15) is 5.56 Å². The number of benzene rings is 1. The Hall–Kier alpha value is -2.28. The van der Waals surface area contributed by atoms with Crippen LogP contribution in [0, 0.1) is 10.1 Å². The maximum atomic E-state index is 10.6. The van der Waals surface area contributed by atoms with Crippen molar-refractivity contribution in [3.8, 4) is 11.5 Å². The predicted octanol–water partition coefficient (Wildman–Crippen LogP) is 3.00. The predicted molar refractivity (Wildman–Crippen MR) is 70.9 cm³/mol. The number of rotatable bonds is 4. The van der Waals surface area contributed by atoms with E-state index in [0.29, 0.717) is 12.3 Å². The van der Waals surface area contributed by atoms with Gasteiger partial charge in [0.25, 0.3) is 0 Å². The quantitative estimate of drug-likeness (QED) is 0.687. The molecule has 19 heavy (non-hydrogen) atoms. The van der Waals surface area contributed by atoms with E-state index in [9.17, 15) is 10.1 Å². The van der Waals surface area contributed by atoms with Crippen LogP contribution in [0.3, 0.4) is 0 Å². The summed E-state index contributed by atoms with van der Waals surface area (Å²) < 4.78 is 10.5. The zero-order valence-electron chi connectivity index (χ0n) is 9.79. The Labute approximate surface area is 112 Å². The normalized spacial score (nSPS) is 12.4. The van der Waals surface area contributed by atoms with Crippen LogP contribution in [0.5, 0.6) is 11.5 Å². The van der Waals surface area contributed by atoms with E-state index in [0.717, 1.165) is 28.3 Å². The summed E-state index contributed by atoms with van der Waals surface area (Å²) in [4.78, 5) is 10.2. The van der Waals surface area contributed by atoms with Crippen molar-refractivity contribution in [3.63, 3.8) is 0 Å². The van der Waals surface area contributed by atoms with Gasteiger partial charge in [-0.2, -0.15) is 0 Å². The van der Waals surface area contributed by atoms with Crippen LogP contribution in [-0.2, 0) is 6.54 Å². The molecule has 6 nitrogen and oxygen atoms in total. The van der Waals surface area contributed by atoms with E-state index in [1.807, 2.05) is 18.2 Å². The standard InChI is InChI=1S/C12H10N2O4S/c15-14(16)12-3-8(6-19-12)5-13-9-1-2-10-11(4-9)18-7-17-10/h1-4,6,13H,5,7H2. The number of nitrogens with one attached hydrogen (secondary N) is 1. The van der Waals surface area contributed by atoms with E-state index in [2.05, 4.69) is 5.32 Å². The molecule has 2 aromatic rings. The summed E-state index contributed by atoms with van der Waals surface area (Å²) in [5, 5.41) is 15.7. The first-order valence-electron chi connectivity index (χ1n) is 5.58. The molecule has 7 heteroatoms. The Morgan fingerprint density at radius 3 is 2.95 bits per heavy atom. The minimum Gasteiger partial charge on any atom is -0.454 e. The molecule has 0 bridgehead atoms. The lowest BCUT2D eigenvalue weighted by Gasteiger charge is -2.05. The third kappa shape index (κ3) is 2.45. The fourth-order valence-corrected chi connectivity index (χ4v) is 2.49. The molecule has 0 spiro atoms. The highest BCUT2D eigenvalue weighted by Gasteiger charge is 2.13. The maximum absolute atomic E-state index is 10.6. The first-order valence-corrected chi connectivity index (χ1v) is 6.45. The molecular formula is C12H10N2O4S. The van der Waals surface area contributed by atoms with Crippen LogP contribution < -0.4 is 14.8 Å². The number of anilines is 1. The van der Waals surface area contributed by atoms with Crippen LogP contribution >= 0.6 is 11.3 Å². The summed E-state index contributed by atoms with van der Waals surface area (Å²) in [6.07, 6.45) is 0. The number of nitrogens with zero attached hydrogens (tertiary/aromatic N) is 1. The first kappa shape index (κ1) is 11.8. The summed E-state index contributed by atoms with van der Waals surface area (Å²) in [6, 6.07) is 7.14. The largest absolute Gasteiger partial charge is 0.454 e. The molecule has 98 valence electrons. The number of nitro groups is 1. The van der Waals surface area contributed by atoms with Crippen molar-refractivity contribution >= 4 is 22.0 Å². The van der Waals surface area contributed by atoms with Crippen molar-refractivity contribution in [2.24, 2.45) is 0 Å². The van der Waals surface area contributed by atoms with Crippen molar-refractivity contribution in [2.45, 2.75) is 6.54 Å². The highest BCUT2D eigenvalue weighted by atomic mass is 32.1. The number of ether oxygens (including phenoxy) is 2. The van der Waals surface area contributed by atoms with Gasteiger partial charge in [0, 0.05) is 29.7 Å². The Balaban J connectivity index is 1.67. The average molecular weight is 278 g/mol. The molecular weight excluding hydrogens is 268 g/mol. The average Bonchev–Trinajstić information content (AvgIpc) is 3.04. The zero-order chi connectivity index (χ0) is 13.2. The van der Waals surface area contributed by atoms with E-state index in [1.165, 1.54) is 0 Å². The second-order valence-corrected chi connectivity index (χ2v) is 4.86. The third-order valence-electron chi connectivity index (χ3n) is 2.69. The molecule has 0 saturated heterocycles. The maximum Gasteiger partial charge on any atom is 0.324 e. The van der Waals surface area contributed by atoms with Crippen molar-refractivity contribution in [1.82, 2.24) is 0 Å². The minimum atomic E-state index is -0.380. The summed E-state index contributed by atoms with van der Waals surface area (Å²) in [6.45, 7) is 0.777. The van der Waals surface area contributed by atoms with Crippen LogP contribution in [0.4, 0.5) is 10.7 Å². The number of hydrogen-bond acceptors (Lipinski definition) is 6. The molecule has 0 atom stereocenters. The molecule has 1 aromatic heterocycles. The summed E-state index contributed by atoms with van der Waals surface area (Å²) in [5.41, 5.74) is 1.77. The molecule has 1 aliphatic rings. The van der Waals surface area contributed by atoms with Gasteiger partial charge in [0.05, 0.1) is 4.92 Å². The molecule has 0 radical (unpaired) electrons. The van der Waals surface area contributed by atoms with Crippen molar-refractivity contribution < 1.29 is 14.4 Å². The molecule has 1 aromatic carbocycles. The van der Waals surface area contributed by atoms with Gasteiger partial charge in [-0.25, -0.2) is 0 Å². The lowest BCUT2D eigenvalue weighted by Crippen LogP contribution is -1.97. The minimum absolute atomic E-state index is 0.155. The van der Waals surface area contributed by atoms with E-state index in [1.54, 1.807) is 11.4 Å². The number of hydrogen-bond donors (Lipinski definition) is 1. The fraction of sp³-hybridized carbons (Fsp3) is 0.167. The molecule has 1 aliphatic heterocycles. The van der Waals surface area contributed by atoms with Gasteiger partial charge in [0.2, 0.25) is 6.79 Å². The van der Waals surface area contributed by atoms with Gasteiger partial charge in [0.15, 0.2) is 11.5 Å². The van der Waals surface area contributed by atoms with E-state index in [-0.39, 0.29) is 16.7 Å². The van der Waals surface area contributed by atoms with Crippen LogP contribution in [0.2, 0.25) is 0 Å². The SMILES string of the molecule is O=[N+]([O-])c1cc(CNc2ccc3c(c2)OCO3)cs1. The van der Waals surface area contributed by atoms with Gasteiger partial charge < -0.3 is 14.8 Å². The Morgan fingerprint density at radius 2 is 2.16 bits per heavy atom. The van der Waals surface area contributed by atoms with Crippen LogP contribution in [-0.4, -0.2) is 11.7 Å². The van der Waals surface area contributed by atoms with E-state index < -0.39 is 0 Å². The highest BCUT2D eigenvalue weighted by molar-refractivity contribution is 7.13. The molecule has 1 N–H and O–H groups in total. The molecule has 3 rings (SSSR count). The Kier molecular flexibility index (Phi) is 2.96. The van der Waals surface area contributed by atoms with Gasteiger partial charge in [-0.1, -0.05) is 11.3 Å². The monoisotopic (exact) mass is 278 g/mol. The Bertz CT molecular complexity index is 626. The molecule has 0 aliphatic carbocycles. The Morgan fingerprint density at radius 1 is 1.32 bits per heavy atom. The van der Waals surface area contributed by atoms with Crippen molar-refractivity contribution in [1.29, 1.82) is 0 Å². The lowest BCUT2D eigenvalue weighted by molar-refractivity contribution is -0.380. The van der Waals surface area contributed by atoms with E-state index >= 15 is 0 Å². The van der Waals surface area contributed by atoms with Crippen LogP contribution in [0.15, 0.2) is 29.6 Å². The molecule has 0 fully saturated rings. The molecule has 2 heterocycles. The summed E-state index contributed by atoms with van der Waals surface area (Å²) >= 11 is 1.13. The van der Waals surface area contributed by atoms with Gasteiger partial charge >= 0.3 is 5.00 Å². The topological polar surface area (TPSA) is 73.6 Å². The smallest absolute Gasteiger partial charge is 0.324 e. The second kappa shape index (κ2) is 4.77. The molecule has 0 amide bonds. The third-order valence-corrected chi connectivity index (χ3v) is 3.62. The van der Waals surface area contributed by atoms with Crippen molar-refractivity contribution in [2.75, 3.05) is 12.1 Å². The zero-order valence-corrected chi connectivity index (χ0v) is 10.6. The second-order valence-electron chi connectivity index (χ2n) is 3.97. The number of thiophene rings is 1. The van der Waals surface area contributed by atoms with Gasteiger partial charge in [-0.3, -0.25) is 10.1 Å². The van der Waals surface area contributed by atoms with Crippen LogP contribution in [0.25, 0.3) is 0 Å². The lowest BCUT2D eigenvalue weighted by atomic mass is 10.2. The fourth-order valence-electron chi connectivity index (χ4n) is 1.76. The van der Waals surface area contributed by atoms with Crippen molar-refractivity contribution in [3.05, 3.63) is 45.3 Å². The summed E-state index contributed by atoms with van der Waals surface area (Å²) in [5.74, 6) is 1.44. The van der Waals surface area contributed by atoms with Gasteiger partial charge in [-0.05, 0) is 17.7 Å². The summed E-state index contributed by atoms with van der Waals surface area (Å²) in [7, 11) is 0. The first-order chi connectivity index (χ1) is 9.22. The molecule has 0 unspecified atom stereocenters. The van der Waals surface area contributed by atoms with Gasteiger partial charge in [-0.15, -0.1) is 0 Å². The van der Waals surface area contributed by atoms with E-state index in [4.69, 9.17) is 9.47 Å². The van der Waals surface area contributed by atoms with Gasteiger partial charge in [0.1, 0.15) is 0 Å².